The van der Waals surface area contributed by atoms with Crippen LogP contribution < -0.4 is 5.32 Å². The molecule has 0 radical (unpaired) electrons. The van der Waals surface area contributed by atoms with Crippen molar-refractivity contribution in [2.45, 2.75) is 59.3 Å². The van der Waals surface area contributed by atoms with Crippen LogP contribution in [0.2, 0.25) is 0 Å². The Bertz CT molecular complexity index is 223. The van der Waals surface area contributed by atoms with Crippen molar-refractivity contribution in [3.63, 3.8) is 0 Å². The molecule has 1 aliphatic carbocycles. The predicted molar refractivity (Wildman–Crippen MR) is 70.5 cm³/mol. The molecule has 0 amide bonds. The molecule has 16 heavy (non-hydrogen) atoms. The summed E-state index contributed by atoms with van der Waals surface area (Å²) in [4.78, 5) is 0. The van der Waals surface area contributed by atoms with Crippen molar-refractivity contribution in [2.24, 2.45) is 23.2 Å². The highest BCUT2D eigenvalue weighted by Crippen LogP contribution is 2.51. The van der Waals surface area contributed by atoms with Gasteiger partial charge in [-0.05, 0) is 68.4 Å². The van der Waals surface area contributed by atoms with Gasteiger partial charge in [0.1, 0.15) is 0 Å². The van der Waals surface area contributed by atoms with Gasteiger partial charge in [0, 0.05) is 0 Å². The third kappa shape index (κ3) is 2.30. The van der Waals surface area contributed by atoms with Crippen molar-refractivity contribution in [1.29, 1.82) is 0 Å². The van der Waals surface area contributed by atoms with Crippen LogP contribution >= 0.6 is 0 Å². The van der Waals surface area contributed by atoms with Crippen LogP contribution in [0.25, 0.3) is 0 Å². The maximum atomic E-state index is 3.62. The van der Waals surface area contributed by atoms with Crippen LogP contribution in [0.5, 0.6) is 0 Å². The molecule has 1 nitrogen and oxygen atoms in total. The Labute approximate surface area is 101 Å². The zero-order valence-corrected chi connectivity index (χ0v) is 11.4. The number of nitrogens with one attached hydrogen (secondary N) is 1. The van der Waals surface area contributed by atoms with E-state index in [0.29, 0.717) is 5.41 Å². The lowest BCUT2D eigenvalue weighted by Gasteiger charge is -2.50. The third-order valence-corrected chi connectivity index (χ3v) is 5.49. The largest absolute Gasteiger partial charge is 0.316 e. The Hall–Kier alpha value is -0.0400. The van der Waals surface area contributed by atoms with Crippen LogP contribution in [-0.4, -0.2) is 13.1 Å². The zero-order chi connectivity index (χ0) is 11.6. The molecule has 0 bridgehead atoms. The molecule has 2 fully saturated rings. The Kier molecular flexibility index (Phi) is 3.94. The minimum atomic E-state index is 0.715. The molecular weight excluding hydrogens is 194 g/mol. The first-order chi connectivity index (χ1) is 7.68. The molecule has 1 N–H and O–H groups in total. The van der Waals surface area contributed by atoms with E-state index in [2.05, 4.69) is 26.1 Å². The van der Waals surface area contributed by atoms with Gasteiger partial charge in [-0.3, -0.25) is 0 Å². The van der Waals surface area contributed by atoms with Gasteiger partial charge < -0.3 is 5.32 Å². The fourth-order valence-corrected chi connectivity index (χ4v) is 4.13. The van der Waals surface area contributed by atoms with Gasteiger partial charge in [0.15, 0.2) is 0 Å². The second-order valence-corrected chi connectivity index (χ2v) is 6.50. The number of rotatable bonds is 2. The normalized spacial score (nSPS) is 44.8. The van der Waals surface area contributed by atoms with E-state index in [1.807, 2.05) is 0 Å². The van der Waals surface area contributed by atoms with E-state index in [4.69, 9.17) is 0 Å². The highest BCUT2D eigenvalue weighted by Gasteiger charge is 2.43. The van der Waals surface area contributed by atoms with Crippen molar-refractivity contribution in [3.8, 4) is 0 Å². The molecule has 1 saturated heterocycles. The number of piperidine rings is 1. The Morgan fingerprint density at radius 1 is 1.19 bits per heavy atom. The summed E-state index contributed by atoms with van der Waals surface area (Å²) in [5.41, 5.74) is 0.715. The molecule has 94 valence electrons. The van der Waals surface area contributed by atoms with Gasteiger partial charge >= 0.3 is 0 Å². The average Bonchev–Trinajstić information content (AvgIpc) is 2.28. The van der Waals surface area contributed by atoms with Crippen molar-refractivity contribution in [3.05, 3.63) is 0 Å². The Balaban J connectivity index is 2.07. The van der Waals surface area contributed by atoms with Gasteiger partial charge in [0.25, 0.3) is 0 Å². The smallest absolute Gasteiger partial charge is 0.00152 e. The Morgan fingerprint density at radius 3 is 2.69 bits per heavy atom. The van der Waals surface area contributed by atoms with E-state index in [1.165, 1.54) is 51.6 Å². The maximum Gasteiger partial charge on any atom is -0.00152 e. The van der Waals surface area contributed by atoms with E-state index in [0.717, 1.165) is 17.8 Å². The van der Waals surface area contributed by atoms with E-state index >= 15 is 0 Å². The molecule has 1 spiro atoms. The summed E-state index contributed by atoms with van der Waals surface area (Å²) in [5.74, 6) is 2.87. The monoisotopic (exact) mass is 223 g/mol. The topological polar surface area (TPSA) is 12.0 Å². The predicted octanol–water partition coefficient (Wildman–Crippen LogP) is 3.84. The first-order valence-electron chi connectivity index (χ1n) is 7.38. The minimum absolute atomic E-state index is 0.715. The highest BCUT2D eigenvalue weighted by atomic mass is 14.9. The Morgan fingerprint density at radius 2 is 2.00 bits per heavy atom. The van der Waals surface area contributed by atoms with Crippen LogP contribution in [0.1, 0.15) is 59.3 Å². The molecule has 2 rings (SSSR count). The molecule has 4 atom stereocenters. The quantitative estimate of drug-likeness (QED) is 0.750. The summed E-state index contributed by atoms with van der Waals surface area (Å²) in [7, 11) is 0. The summed E-state index contributed by atoms with van der Waals surface area (Å²) < 4.78 is 0. The lowest BCUT2D eigenvalue weighted by molar-refractivity contribution is 0.0113. The molecule has 0 aromatic heterocycles. The second-order valence-electron chi connectivity index (χ2n) is 6.50. The van der Waals surface area contributed by atoms with E-state index in [9.17, 15) is 0 Å². The lowest BCUT2D eigenvalue weighted by Crippen LogP contribution is -2.48. The second kappa shape index (κ2) is 5.08. The van der Waals surface area contributed by atoms with Crippen LogP contribution in [0, 0.1) is 23.2 Å². The van der Waals surface area contributed by atoms with Gasteiger partial charge in [-0.15, -0.1) is 0 Å². The van der Waals surface area contributed by atoms with Crippen molar-refractivity contribution in [2.75, 3.05) is 13.1 Å². The van der Waals surface area contributed by atoms with Crippen LogP contribution in [-0.2, 0) is 0 Å². The molecule has 1 heteroatoms. The highest BCUT2D eigenvalue weighted by molar-refractivity contribution is 4.96. The summed E-state index contributed by atoms with van der Waals surface area (Å²) in [6.45, 7) is 9.83. The first-order valence-corrected chi connectivity index (χ1v) is 7.38. The van der Waals surface area contributed by atoms with Crippen molar-refractivity contribution < 1.29 is 0 Å². The fraction of sp³-hybridized carbons (Fsp3) is 1.00. The summed E-state index contributed by atoms with van der Waals surface area (Å²) in [5, 5.41) is 3.62. The minimum Gasteiger partial charge on any atom is -0.316 e. The molecule has 0 aromatic carbocycles. The molecule has 4 unspecified atom stereocenters. The van der Waals surface area contributed by atoms with Gasteiger partial charge in [0.2, 0.25) is 0 Å². The van der Waals surface area contributed by atoms with Crippen LogP contribution in [0.4, 0.5) is 0 Å². The van der Waals surface area contributed by atoms with Crippen molar-refractivity contribution in [1.82, 2.24) is 5.32 Å². The van der Waals surface area contributed by atoms with Crippen LogP contribution in [0.3, 0.4) is 0 Å². The molecule has 1 saturated carbocycles. The SMILES string of the molecule is CCCC1CNCCC12CCC(C)C(C)C2. The first kappa shape index (κ1) is 12.4. The van der Waals surface area contributed by atoms with Crippen LogP contribution in [0.15, 0.2) is 0 Å². The van der Waals surface area contributed by atoms with E-state index < -0.39 is 0 Å². The zero-order valence-electron chi connectivity index (χ0n) is 11.4. The number of hydrogen-bond acceptors (Lipinski definition) is 1. The van der Waals surface area contributed by atoms with Gasteiger partial charge in [0.05, 0.1) is 0 Å². The molecule has 1 heterocycles. The third-order valence-electron chi connectivity index (χ3n) is 5.49. The fourth-order valence-electron chi connectivity index (χ4n) is 4.13. The molecule has 0 aromatic rings. The maximum absolute atomic E-state index is 3.62. The molecular formula is C15H29N. The lowest BCUT2D eigenvalue weighted by atomic mass is 9.57. The summed E-state index contributed by atoms with van der Waals surface area (Å²) >= 11 is 0. The molecule has 2 aliphatic rings. The number of hydrogen-bond donors (Lipinski definition) is 1. The average molecular weight is 223 g/mol. The van der Waals surface area contributed by atoms with Gasteiger partial charge in [-0.25, -0.2) is 0 Å². The summed E-state index contributed by atoms with van der Waals surface area (Å²) in [6.07, 6.45) is 8.72. The summed E-state index contributed by atoms with van der Waals surface area (Å²) in [6, 6.07) is 0. The van der Waals surface area contributed by atoms with E-state index in [-0.39, 0.29) is 0 Å². The van der Waals surface area contributed by atoms with Gasteiger partial charge in [-0.2, -0.15) is 0 Å². The molecule has 1 aliphatic heterocycles. The van der Waals surface area contributed by atoms with Crippen molar-refractivity contribution >= 4 is 0 Å². The van der Waals surface area contributed by atoms with E-state index in [1.54, 1.807) is 0 Å². The van der Waals surface area contributed by atoms with Gasteiger partial charge in [-0.1, -0.05) is 27.2 Å². The standard InChI is InChI=1S/C15H29N/c1-4-5-14-11-16-9-8-15(14)7-6-12(2)13(3)10-15/h12-14,16H,4-11H2,1-3H3.